The maximum Gasteiger partial charge on any atom is 0.289 e. The number of hydrogen-bond acceptors (Lipinski definition) is 5. The minimum atomic E-state index is -3.63. The summed E-state index contributed by atoms with van der Waals surface area (Å²) in [6.07, 6.45) is 1.43. The largest absolute Gasteiger partial charge is 0.459 e. The third kappa shape index (κ3) is 3.04. The molecule has 124 valence electrons. The van der Waals surface area contributed by atoms with Crippen LogP contribution >= 0.6 is 0 Å². The molecule has 1 fully saturated rings. The topological polar surface area (TPSA) is 94.6 Å². The molecule has 2 heterocycles. The Hall–Kier alpha value is -2.63. The summed E-state index contributed by atoms with van der Waals surface area (Å²) in [5, 5.41) is 8.78. The predicted molar refractivity (Wildman–Crippen MR) is 84.5 cm³/mol. The van der Waals surface area contributed by atoms with E-state index in [-0.39, 0.29) is 29.7 Å². The van der Waals surface area contributed by atoms with Crippen molar-refractivity contribution in [1.82, 2.24) is 9.21 Å². The lowest BCUT2D eigenvalue weighted by Crippen LogP contribution is -2.50. The summed E-state index contributed by atoms with van der Waals surface area (Å²) in [5.41, 5.74) is 0.405. The standard InChI is InChI=1S/C16H15N3O4S/c17-12-13-3-5-14(6-4-13)24(21,22)19-9-7-18(8-10-19)16(20)15-2-1-11-23-15/h1-6,11H,7-10H2. The number of nitriles is 1. The smallest absolute Gasteiger partial charge is 0.289 e. The normalized spacial score (nSPS) is 15.9. The van der Waals surface area contributed by atoms with E-state index in [1.165, 1.54) is 34.8 Å². The third-order valence-electron chi connectivity index (χ3n) is 3.88. The zero-order valence-electron chi connectivity index (χ0n) is 12.8. The van der Waals surface area contributed by atoms with Crippen LogP contribution in [0.1, 0.15) is 16.1 Å². The highest BCUT2D eigenvalue weighted by Gasteiger charge is 2.31. The van der Waals surface area contributed by atoms with Crippen molar-refractivity contribution in [2.75, 3.05) is 26.2 Å². The van der Waals surface area contributed by atoms with E-state index in [2.05, 4.69) is 0 Å². The van der Waals surface area contributed by atoms with Crippen molar-refractivity contribution < 1.29 is 17.6 Å². The Balaban J connectivity index is 1.69. The molecule has 1 aromatic carbocycles. The van der Waals surface area contributed by atoms with Gasteiger partial charge in [0, 0.05) is 26.2 Å². The molecule has 0 N–H and O–H groups in total. The molecular formula is C16H15N3O4S. The lowest BCUT2D eigenvalue weighted by molar-refractivity contribution is 0.0666. The minimum Gasteiger partial charge on any atom is -0.459 e. The van der Waals surface area contributed by atoms with Crippen molar-refractivity contribution in [2.45, 2.75) is 4.90 Å². The van der Waals surface area contributed by atoms with Crippen LogP contribution in [0.25, 0.3) is 0 Å². The number of rotatable bonds is 3. The second kappa shape index (κ2) is 6.47. The molecule has 1 aromatic heterocycles. The van der Waals surface area contributed by atoms with Crippen molar-refractivity contribution in [3.05, 3.63) is 54.0 Å². The highest BCUT2D eigenvalue weighted by molar-refractivity contribution is 7.89. The van der Waals surface area contributed by atoms with Crippen LogP contribution in [0, 0.1) is 11.3 Å². The van der Waals surface area contributed by atoms with E-state index >= 15 is 0 Å². The highest BCUT2D eigenvalue weighted by atomic mass is 32.2. The van der Waals surface area contributed by atoms with Crippen molar-refractivity contribution in [3.8, 4) is 6.07 Å². The lowest BCUT2D eigenvalue weighted by atomic mass is 10.2. The second-order valence-corrected chi connectivity index (χ2v) is 7.25. The average molecular weight is 345 g/mol. The molecule has 2 aromatic rings. The van der Waals surface area contributed by atoms with Crippen molar-refractivity contribution >= 4 is 15.9 Å². The van der Waals surface area contributed by atoms with Gasteiger partial charge in [-0.15, -0.1) is 0 Å². The monoisotopic (exact) mass is 345 g/mol. The zero-order chi connectivity index (χ0) is 17.2. The molecule has 0 aliphatic carbocycles. The number of amides is 1. The first-order chi connectivity index (χ1) is 11.5. The van der Waals surface area contributed by atoms with Gasteiger partial charge in [-0.2, -0.15) is 9.57 Å². The van der Waals surface area contributed by atoms with Gasteiger partial charge >= 0.3 is 0 Å². The maximum atomic E-state index is 12.6. The highest BCUT2D eigenvalue weighted by Crippen LogP contribution is 2.19. The van der Waals surface area contributed by atoms with Gasteiger partial charge in [-0.1, -0.05) is 0 Å². The van der Waals surface area contributed by atoms with Gasteiger partial charge in [0.2, 0.25) is 10.0 Å². The molecule has 1 aliphatic rings. The van der Waals surface area contributed by atoms with Gasteiger partial charge < -0.3 is 9.32 Å². The summed E-state index contributed by atoms with van der Waals surface area (Å²) >= 11 is 0. The molecule has 0 spiro atoms. The fraction of sp³-hybridized carbons (Fsp3) is 0.250. The first kappa shape index (κ1) is 16.2. The van der Waals surface area contributed by atoms with Gasteiger partial charge in [0.05, 0.1) is 22.8 Å². The number of piperazine rings is 1. The molecule has 1 aliphatic heterocycles. The number of nitrogens with zero attached hydrogens (tertiary/aromatic N) is 3. The van der Waals surface area contributed by atoms with Gasteiger partial charge in [-0.05, 0) is 36.4 Å². The molecule has 0 saturated carbocycles. The number of furan rings is 1. The van der Waals surface area contributed by atoms with Gasteiger partial charge in [-0.25, -0.2) is 8.42 Å². The Morgan fingerprint density at radius 3 is 2.29 bits per heavy atom. The van der Waals surface area contributed by atoms with E-state index in [9.17, 15) is 13.2 Å². The van der Waals surface area contributed by atoms with Crippen molar-refractivity contribution in [2.24, 2.45) is 0 Å². The summed E-state index contributed by atoms with van der Waals surface area (Å²) in [6.45, 7) is 1.04. The molecule has 0 bridgehead atoms. The second-order valence-electron chi connectivity index (χ2n) is 5.31. The third-order valence-corrected chi connectivity index (χ3v) is 5.79. The average Bonchev–Trinajstić information content (AvgIpc) is 3.16. The van der Waals surface area contributed by atoms with E-state index in [0.29, 0.717) is 18.7 Å². The van der Waals surface area contributed by atoms with Crippen LogP contribution in [0.2, 0.25) is 0 Å². The minimum absolute atomic E-state index is 0.146. The van der Waals surface area contributed by atoms with Crippen LogP contribution < -0.4 is 0 Å². The first-order valence-electron chi connectivity index (χ1n) is 7.35. The van der Waals surface area contributed by atoms with Crippen molar-refractivity contribution in [3.63, 3.8) is 0 Å². The van der Waals surface area contributed by atoms with Gasteiger partial charge in [-0.3, -0.25) is 4.79 Å². The Morgan fingerprint density at radius 1 is 1.08 bits per heavy atom. The molecule has 1 amide bonds. The number of hydrogen-bond donors (Lipinski definition) is 0. The first-order valence-corrected chi connectivity index (χ1v) is 8.79. The molecule has 0 radical (unpaired) electrons. The van der Waals surface area contributed by atoms with E-state index in [4.69, 9.17) is 9.68 Å². The molecule has 24 heavy (non-hydrogen) atoms. The number of carbonyl (C=O) groups is 1. The van der Waals surface area contributed by atoms with E-state index in [1.807, 2.05) is 6.07 Å². The van der Waals surface area contributed by atoms with E-state index in [1.54, 1.807) is 17.0 Å². The predicted octanol–water partition coefficient (Wildman–Crippen LogP) is 1.30. The van der Waals surface area contributed by atoms with E-state index in [0.717, 1.165) is 0 Å². The summed E-state index contributed by atoms with van der Waals surface area (Å²) in [5.74, 6) is 0.00817. The van der Waals surface area contributed by atoms with Crippen LogP contribution in [0.15, 0.2) is 52.0 Å². The summed E-state index contributed by atoms with van der Waals surface area (Å²) in [4.78, 5) is 13.9. The summed E-state index contributed by atoms with van der Waals surface area (Å²) in [6, 6.07) is 11.0. The maximum absolute atomic E-state index is 12.6. The van der Waals surface area contributed by atoms with Crippen molar-refractivity contribution in [1.29, 1.82) is 5.26 Å². The van der Waals surface area contributed by atoms with Crippen LogP contribution in [-0.2, 0) is 10.0 Å². The number of carbonyl (C=O) groups excluding carboxylic acids is 1. The number of sulfonamides is 1. The van der Waals surface area contributed by atoms with E-state index < -0.39 is 10.0 Å². The van der Waals surface area contributed by atoms with Crippen LogP contribution in [0.3, 0.4) is 0 Å². The Morgan fingerprint density at radius 2 is 1.75 bits per heavy atom. The molecule has 3 rings (SSSR count). The molecule has 0 atom stereocenters. The fourth-order valence-electron chi connectivity index (χ4n) is 2.54. The van der Waals surface area contributed by atoms with Crippen LogP contribution in [0.4, 0.5) is 0 Å². The Kier molecular flexibility index (Phi) is 4.38. The zero-order valence-corrected chi connectivity index (χ0v) is 13.6. The Bertz CT molecular complexity index is 859. The molecule has 8 heteroatoms. The molecule has 7 nitrogen and oxygen atoms in total. The van der Waals surface area contributed by atoms with Crippen LogP contribution in [0.5, 0.6) is 0 Å². The lowest BCUT2D eigenvalue weighted by Gasteiger charge is -2.33. The quantitative estimate of drug-likeness (QED) is 0.835. The number of benzene rings is 1. The molecule has 0 unspecified atom stereocenters. The molecular weight excluding hydrogens is 330 g/mol. The van der Waals surface area contributed by atoms with Gasteiger partial charge in [0.1, 0.15) is 0 Å². The fourth-order valence-corrected chi connectivity index (χ4v) is 3.96. The van der Waals surface area contributed by atoms with Gasteiger partial charge in [0.15, 0.2) is 5.76 Å². The summed E-state index contributed by atoms with van der Waals surface area (Å²) in [7, 11) is -3.63. The summed E-state index contributed by atoms with van der Waals surface area (Å²) < 4.78 is 31.7. The SMILES string of the molecule is N#Cc1ccc(S(=O)(=O)N2CCN(C(=O)c3ccco3)CC2)cc1. The van der Waals surface area contributed by atoms with Gasteiger partial charge in [0.25, 0.3) is 5.91 Å². The Labute approximate surface area is 139 Å². The molecule has 1 saturated heterocycles. The van der Waals surface area contributed by atoms with Crippen LogP contribution in [-0.4, -0.2) is 49.7 Å².